The van der Waals surface area contributed by atoms with Gasteiger partial charge in [0.25, 0.3) is 0 Å². The first kappa shape index (κ1) is 10.2. The number of aromatic nitrogens is 2. The average Bonchev–Trinajstić information content (AvgIpc) is 2.31. The van der Waals surface area contributed by atoms with Crippen LogP contribution < -0.4 is 0 Å². The fourth-order valence-electron chi connectivity index (χ4n) is 1.49. The van der Waals surface area contributed by atoms with Crippen molar-refractivity contribution in [2.75, 3.05) is 0 Å². The van der Waals surface area contributed by atoms with Gasteiger partial charge in [-0.1, -0.05) is 0 Å². The van der Waals surface area contributed by atoms with Crippen molar-refractivity contribution in [1.29, 1.82) is 5.26 Å². The summed E-state index contributed by atoms with van der Waals surface area (Å²) in [5, 5.41) is 8.68. The predicted octanol–water partition coefficient (Wildman–Crippen LogP) is 2.35. The molecule has 0 aliphatic rings. The van der Waals surface area contributed by atoms with Crippen LogP contribution in [0.15, 0.2) is 36.8 Å². The number of rotatable bonds is 2. The summed E-state index contributed by atoms with van der Waals surface area (Å²) in [4.78, 5) is 7.51. The summed E-state index contributed by atoms with van der Waals surface area (Å²) in [5.41, 5.74) is 2.29. The van der Waals surface area contributed by atoms with Gasteiger partial charge in [0.1, 0.15) is 0 Å². The fraction of sp³-hybridized carbons (Fsp3) is 0.0833. The van der Waals surface area contributed by atoms with Crippen LogP contribution in [-0.2, 0) is 6.42 Å². The Hall–Kier alpha value is -2.28. The first-order valence-electron chi connectivity index (χ1n) is 4.73. The van der Waals surface area contributed by atoms with Crippen molar-refractivity contribution in [3.8, 4) is 17.2 Å². The summed E-state index contributed by atoms with van der Waals surface area (Å²) in [6, 6.07) is 6.90. The lowest BCUT2D eigenvalue weighted by molar-refractivity contribution is 0.582. The third kappa shape index (κ3) is 2.04. The third-order valence-corrected chi connectivity index (χ3v) is 2.22. The largest absolute Gasteiger partial charge is 0.265 e. The van der Waals surface area contributed by atoms with Crippen molar-refractivity contribution < 1.29 is 4.39 Å². The SMILES string of the molecule is N#CCc1cc(F)ncc1-c1ccncc1. The number of nitrogens with zero attached hydrogens (tertiary/aromatic N) is 3. The van der Waals surface area contributed by atoms with Gasteiger partial charge in [-0.15, -0.1) is 0 Å². The molecule has 0 aliphatic carbocycles. The monoisotopic (exact) mass is 213 g/mol. The van der Waals surface area contributed by atoms with Gasteiger partial charge in [-0.3, -0.25) is 4.98 Å². The molecule has 0 radical (unpaired) electrons. The summed E-state index contributed by atoms with van der Waals surface area (Å²) in [6.07, 6.45) is 4.90. The van der Waals surface area contributed by atoms with E-state index in [-0.39, 0.29) is 6.42 Å². The molecule has 0 N–H and O–H groups in total. The molecular weight excluding hydrogens is 205 g/mol. The van der Waals surface area contributed by atoms with Gasteiger partial charge < -0.3 is 0 Å². The van der Waals surface area contributed by atoms with Gasteiger partial charge in [-0.25, -0.2) is 4.98 Å². The van der Waals surface area contributed by atoms with Gasteiger partial charge in [-0.2, -0.15) is 9.65 Å². The van der Waals surface area contributed by atoms with Gasteiger partial charge in [-0.05, 0) is 29.3 Å². The van der Waals surface area contributed by atoms with E-state index in [1.54, 1.807) is 24.5 Å². The zero-order valence-corrected chi connectivity index (χ0v) is 8.39. The Morgan fingerprint density at radius 3 is 2.75 bits per heavy atom. The van der Waals surface area contributed by atoms with Crippen molar-refractivity contribution in [2.45, 2.75) is 6.42 Å². The zero-order chi connectivity index (χ0) is 11.4. The van der Waals surface area contributed by atoms with Crippen LogP contribution in [0.4, 0.5) is 4.39 Å². The van der Waals surface area contributed by atoms with E-state index >= 15 is 0 Å². The standard InChI is InChI=1S/C12H8FN3/c13-12-7-10(1-4-14)11(8-16-12)9-2-5-15-6-3-9/h2-3,5-8H,1H2. The van der Waals surface area contributed by atoms with Gasteiger partial charge in [0, 0.05) is 24.2 Å². The Bertz CT molecular complexity index is 532. The average molecular weight is 213 g/mol. The minimum absolute atomic E-state index is 0.164. The highest BCUT2D eigenvalue weighted by molar-refractivity contribution is 5.66. The maximum atomic E-state index is 13.0. The highest BCUT2D eigenvalue weighted by Crippen LogP contribution is 2.22. The molecule has 0 saturated carbocycles. The lowest BCUT2D eigenvalue weighted by Crippen LogP contribution is -1.93. The minimum Gasteiger partial charge on any atom is -0.265 e. The van der Waals surface area contributed by atoms with Crippen LogP contribution in [0.3, 0.4) is 0 Å². The van der Waals surface area contributed by atoms with Gasteiger partial charge in [0.05, 0.1) is 12.5 Å². The molecular formula is C12H8FN3. The molecule has 78 valence electrons. The van der Waals surface area contributed by atoms with E-state index in [9.17, 15) is 4.39 Å². The van der Waals surface area contributed by atoms with E-state index in [0.717, 1.165) is 11.1 Å². The topological polar surface area (TPSA) is 49.6 Å². The first-order valence-corrected chi connectivity index (χ1v) is 4.73. The Labute approximate surface area is 92.2 Å². The second kappa shape index (κ2) is 4.49. The van der Waals surface area contributed by atoms with Gasteiger partial charge in [0.15, 0.2) is 0 Å². The Morgan fingerprint density at radius 1 is 1.31 bits per heavy atom. The van der Waals surface area contributed by atoms with Crippen molar-refractivity contribution in [2.24, 2.45) is 0 Å². The van der Waals surface area contributed by atoms with E-state index in [2.05, 4.69) is 9.97 Å². The third-order valence-electron chi connectivity index (χ3n) is 2.22. The molecule has 16 heavy (non-hydrogen) atoms. The van der Waals surface area contributed by atoms with Crippen LogP contribution >= 0.6 is 0 Å². The Morgan fingerprint density at radius 2 is 2.06 bits per heavy atom. The first-order chi connectivity index (χ1) is 7.81. The van der Waals surface area contributed by atoms with Crippen molar-refractivity contribution >= 4 is 0 Å². The molecule has 4 heteroatoms. The molecule has 0 amide bonds. The number of pyridine rings is 2. The molecule has 0 aliphatic heterocycles. The maximum Gasteiger partial charge on any atom is 0.213 e. The Kier molecular flexibility index (Phi) is 2.88. The molecule has 0 atom stereocenters. The number of halogens is 1. The molecule has 2 heterocycles. The number of hydrogen-bond acceptors (Lipinski definition) is 3. The molecule has 0 fully saturated rings. The van der Waals surface area contributed by atoms with Crippen LogP contribution in [0.5, 0.6) is 0 Å². The molecule has 0 saturated heterocycles. The minimum atomic E-state index is -0.567. The maximum absolute atomic E-state index is 13.0. The molecule has 2 aromatic rings. The van der Waals surface area contributed by atoms with E-state index in [4.69, 9.17) is 5.26 Å². The normalized spacial score (nSPS) is 9.75. The second-order valence-corrected chi connectivity index (χ2v) is 3.23. The van der Waals surface area contributed by atoms with E-state index in [1.165, 1.54) is 12.3 Å². The summed E-state index contributed by atoms with van der Waals surface area (Å²) in [7, 11) is 0. The van der Waals surface area contributed by atoms with Gasteiger partial charge in [0.2, 0.25) is 5.95 Å². The molecule has 3 nitrogen and oxygen atoms in total. The van der Waals surface area contributed by atoms with Crippen LogP contribution in [-0.4, -0.2) is 9.97 Å². The van der Waals surface area contributed by atoms with Crippen LogP contribution in [0.25, 0.3) is 11.1 Å². The molecule has 0 spiro atoms. The molecule has 2 aromatic heterocycles. The summed E-state index contributed by atoms with van der Waals surface area (Å²) < 4.78 is 13.0. The van der Waals surface area contributed by atoms with E-state index < -0.39 is 5.95 Å². The lowest BCUT2D eigenvalue weighted by atomic mass is 10.0. The zero-order valence-electron chi connectivity index (χ0n) is 8.39. The fourth-order valence-corrected chi connectivity index (χ4v) is 1.49. The molecule has 0 bridgehead atoms. The lowest BCUT2D eigenvalue weighted by Gasteiger charge is -2.05. The number of hydrogen-bond donors (Lipinski definition) is 0. The highest BCUT2D eigenvalue weighted by atomic mass is 19.1. The van der Waals surface area contributed by atoms with Crippen molar-refractivity contribution in [1.82, 2.24) is 9.97 Å². The van der Waals surface area contributed by atoms with Gasteiger partial charge >= 0.3 is 0 Å². The van der Waals surface area contributed by atoms with Crippen LogP contribution in [0.2, 0.25) is 0 Å². The van der Waals surface area contributed by atoms with Crippen molar-refractivity contribution in [3.63, 3.8) is 0 Å². The van der Waals surface area contributed by atoms with Crippen LogP contribution in [0, 0.1) is 17.3 Å². The highest BCUT2D eigenvalue weighted by Gasteiger charge is 2.06. The predicted molar refractivity (Wildman–Crippen MR) is 56.7 cm³/mol. The molecule has 2 rings (SSSR count). The van der Waals surface area contributed by atoms with E-state index in [1.807, 2.05) is 6.07 Å². The summed E-state index contributed by atoms with van der Waals surface area (Å²) in [5.74, 6) is -0.567. The summed E-state index contributed by atoms with van der Waals surface area (Å²) >= 11 is 0. The van der Waals surface area contributed by atoms with Crippen molar-refractivity contribution in [3.05, 3.63) is 48.3 Å². The van der Waals surface area contributed by atoms with E-state index in [0.29, 0.717) is 5.56 Å². The smallest absolute Gasteiger partial charge is 0.213 e. The molecule has 0 aromatic carbocycles. The summed E-state index contributed by atoms with van der Waals surface area (Å²) in [6.45, 7) is 0. The second-order valence-electron chi connectivity index (χ2n) is 3.23. The Balaban J connectivity index is 2.53. The number of nitriles is 1. The van der Waals surface area contributed by atoms with Crippen LogP contribution in [0.1, 0.15) is 5.56 Å². The molecule has 0 unspecified atom stereocenters. The quantitative estimate of drug-likeness (QED) is 0.719.